The molecule has 0 aromatic carbocycles. The predicted octanol–water partition coefficient (Wildman–Crippen LogP) is 0.236. The molecule has 2 heteroatoms. The van der Waals surface area contributed by atoms with Crippen molar-refractivity contribution in [2.45, 2.75) is 0 Å². The lowest BCUT2D eigenvalue weighted by molar-refractivity contribution is 0.505. The van der Waals surface area contributed by atoms with Crippen LogP contribution in [0.15, 0.2) is 0 Å². The van der Waals surface area contributed by atoms with E-state index in [2.05, 4.69) is 0 Å². The Morgan fingerprint density at radius 1 is 1.00 bits per heavy atom. The maximum Gasteiger partial charge on any atom is -0.0140 e. The zero-order valence-electron chi connectivity index (χ0n) is 4.15. The average Bonchev–Trinajstić information content (AvgIpc) is 0.811. The van der Waals surface area contributed by atoms with E-state index in [-0.39, 0.29) is 9.90 Å². The van der Waals surface area contributed by atoms with Crippen LogP contribution in [0.5, 0.6) is 0 Å². The highest BCUT2D eigenvalue weighted by molar-refractivity contribution is 6.92. The quantitative estimate of drug-likeness (QED) is 0.388. The number of hydrogen-bond acceptors (Lipinski definition) is 1. The van der Waals surface area contributed by atoms with E-state index < -0.39 is 0 Å². The van der Waals surface area contributed by atoms with E-state index in [1.54, 1.807) is 0 Å². The fourth-order valence-electron chi connectivity index (χ4n) is 0. The topological polar surface area (TPSA) is 3.24 Å². The van der Waals surface area contributed by atoms with Gasteiger partial charge in [-0.15, -0.1) is 0 Å². The van der Waals surface area contributed by atoms with Crippen LogP contribution < -0.4 is 0 Å². The van der Waals surface area contributed by atoms with Crippen molar-refractivity contribution >= 4 is 9.90 Å². The Morgan fingerprint density at radius 3 is 1.00 bits per heavy atom. The second-order valence-electron chi connectivity index (χ2n) is 1.34. The molecule has 1 atom stereocenters. The van der Waals surface area contributed by atoms with Crippen molar-refractivity contribution < 1.29 is 0 Å². The summed E-state index contributed by atoms with van der Waals surface area (Å²) < 4.78 is 0. The molecule has 1 unspecified atom stereocenters. The third-order valence-electron chi connectivity index (χ3n) is 0. The molecule has 0 rings (SSSR count). The Bertz CT molecular complexity index is 11.6. The summed E-state index contributed by atoms with van der Waals surface area (Å²) in [5, 5.41) is 0. The van der Waals surface area contributed by atoms with Crippen LogP contribution in [0.2, 0.25) is 0 Å². The normalized spacial score (nSPS) is 7.20. The van der Waals surface area contributed by atoms with Crippen molar-refractivity contribution in [3.63, 3.8) is 0 Å². The Hall–Kier alpha value is 0.390. The van der Waals surface area contributed by atoms with Gasteiger partial charge in [-0.05, 0) is 21.1 Å². The molecular weight excluding hydrogens is 81.0 g/mol. The van der Waals surface area contributed by atoms with Gasteiger partial charge in [0.1, 0.15) is 0 Å². The number of rotatable bonds is 0. The molecule has 0 fully saturated rings. The first kappa shape index (κ1) is 9.04. The fourth-order valence-corrected chi connectivity index (χ4v) is 0. The Labute approximate surface area is 37.0 Å². The zero-order chi connectivity index (χ0) is 3.58. The van der Waals surface area contributed by atoms with Crippen LogP contribution in [-0.4, -0.2) is 26.0 Å². The summed E-state index contributed by atoms with van der Waals surface area (Å²) >= 11 is 0. The third-order valence-corrected chi connectivity index (χ3v) is 0. The molecule has 1 nitrogen and oxygen atoms in total. The molecule has 5 heavy (non-hydrogen) atoms. The van der Waals surface area contributed by atoms with Crippen molar-refractivity contribution in [1.29, 1.82) is 0 Å². The molecule has 0 aliphatic rings. The first-order chi connectivity index (χ1) is 1.73. The summed E-state index contributed by atoms with van der Waals surface area (Å²) in [6.07, 6.45) is 0. The minimum atomic E-state index is 0. The smallest absolute Gasteiger partial charge is 0.0140 e. The largest absolute Gasteiger partial charge is 0.312 e. The Kier molecular flexibility index (Phi) is 7.94. The van der Waals surface area contributed by atoms with Crippen molar-refractivity contribution in [2.24, 2.45) is 0 Å². The standard InChI is InChI=1S/C3H9N.H3P/c1-4(2)3;/h1-3H3;1H3. The molecule has 0 spiro atoms. The molecule has 34 valence electrons. The lowest BCUT2D eigenvalue weighted by Gasteiger charge is -1.90. The lowest BCUT2D eigenvalue weighted by atomic mass is 11.0. The highest BCUT2D eigenvalue weighted by atomic mass is 31.0. The van der Waals surface area contributed by atoms with Crippen LogP contribution in [0.25, 0.3) is 0 Å². The van der Waals surface area contributed by atoms with E-state index in [0.29, 0.717) is 0 Å². The monoisotopic (exact) mass is 93.1 g/mol. The van der Waals surface area contributed by atoms with E-state index in [9.17, 15) is 0 Å². The number of hydrogen-bond donors (Lipinski definition) is 0. The summed E-state index contributed by atoms with van der Waals surface area (Å²) in [6, 6.07) is 0. The SMILES string of the molecule is CN(C)C.P. The molecule has 0 radical (unpaired) electrons. The number of nitrogens with zero attached hydrogens (tertiary/aromatic N) is 1. The van der Waals surface area contributed by atoms with Gasteiger partial charge in [-0.3, -0.25) is 0 Å². The molecule has 0 aliphatic heterocycles. The van der Waals surface area contributed by atoms with Gasteiger partial charge in [-0.25, -0.2) is 0 Å². The highest BCUT2D eigenvalue weighted by Gasteiger charge is 1.58. The summed E-state index contributed by atoms with van der Waals surface area (Å²) in [7, 11) is 6.00. The van der Waals surface area contributed by atoms with Gasteiger partial charge >= 0.3 is 0 Å². The molecule has 0 bridgehead atoms. The molecule has 0 aromatic rings. The Balaban J connectivity index is 0. The summed E-state index contributed by atoms with van der Waals surface area (Å²) in [4.78, 5) is 2.00. The molecular formula is C3H12NP. The van der Waals surface area contributed by atoms with Gasteiger partial charge in [-0.1, -0.05) is 0 Å². The van der Waals surface area contributed by atoms with Gasteiger partial charge in [0.25, 0.3) is 0 Å². The van der Waals surface area contributed by atoms with Crippen LogP contribution in [0.1, 0.15) is 0 Å². The van der Waals surface area contributed by atoms with Crippen molar-refractivity contribution in [3.8, 4) is 0 Å². The molecule has 0 aliphatic carbocycles. The molecule has 0 heterocycles. The van der Waals surface area contributed by atoms with E-state index in [1.165, 1.54) is 0 Å². The van der Waals surface area contributed by atoms with Crippen LogP contribution >= 0.6 is 9.90 Å². The highest BCUT2D eigenvalue weighted by Crippen LogP contribution is 1.47. The van der Waals surface area contributed by atoms with Crippen molar-refractivity contribution in [3.05, 3.63) is 0 Å². The van der Waals surface area contributed by atoms with Gasteiger partial charge in [0, 0.05) is 0 Å². The average molecular weight is 93.1 g/mol. The molecule has 0 aromatic heterocycles. The lowest BCUT2D eigenvalue weighted by Crippen LogP contribution is -1.99. The van der Waals surface area contributed by atoms with E-state index in [4.69, 9.17) is 0 Å². The van der Waals surface area contributed by atoms with Gasteiger partial charge < -0.3 is 4.90 Å². The Morgan fingerprint density at radius 2 is 1.00 bits per heavy atom. The minimum absolute atomic E-state index is 0. The zero-order valence-corrected chi connectivity index (χ0v) is 5.57. The fraction of sp³-hybridized carbons (Fsp3) is 1.00. The van der Waals surface area contributed by atoms with Crippen LogP contribution in [0.4, 0.5) is 0 Å². The maximum atomic E-state index is 2.00. The maximum absolute atomic E-state index is 2.00. The van der Waals surface area contributed by atoms with Crippen LogP contribution in [0, 0.1) is 0 Å². The first-order valence-corrected chi connectivity index (χ1v) is 1.34. The molecule has 0 amide bonds. The van der Waals surface area contributed by atoms with Gasteiger partial charge in [0.2, 0.25) is 0 Å². The van der Waals surface area contributed by atoms with Crippen LogP contribution in [-0.2, 0) is 0 Å². The van der Waals surface area contributed by atoms with Crippen molar-refractivity contribution in [2.75, 3.05) is 21.1 Å². The predicted molar refractivity (Wildman–Crippen MR) is 30.7 cm³/mol. The van der Waals surface area contributed by atoms with Gasteiger partial charge in [0.05, 0.1) is 0 Å². The summed E-state index contributed by atoms with van der Waals surface area (Å²) in [5.41, 5.74) is 0. The third kappa shape index (κ3) is 165. The molecule has 0 saturated carbocycles. The second-order valence-corrected chi connectivity index (χ2v) is 1.34. The molecule has 0 N–H and O–H groups in total. The van der Waals surface area contributed by atoms with Crippen molar-refractivity contribution in [1.82, 2.24) is 4.90 Å². The summed E-state index contributed by atoms with van der Waals surface area (Å²) in [6.45, 7) is 0. The second kappa shape index (κ2) is 4.39. The first-order valence-electron chi connectivity index (χ1n) is 1.34. The van der Waals surface area contributed by atoms with E-state index >= 15 is 0 Å². The minimum Gasteiger partial charge on any atom is -0.312 e. The van der Waals surface area contributed by atoms with Crippen LogP contribution in [0.3, 0.4) is 0 Å². The van der Waals surface area contributed by atoms with E-state index in [1.807, 2.05) is 26.0 Å². The van der Waals surface area contributed by atoms with Gasteiger partial charge in [-0.2, -0.15) is 9.90 Å². The summed E-state index contributed by atoms with van der Waals surface area (Å²) in [5.74, 6) is 0. The molecule has 0 saturated heterocycles. The van der Waals surface area contributed by atoms with E-state index in [0.717, 1.165) is 0 Å². The van der Waals surface area contributed by atoms with Gasteiger partial charge in [0.15, 0.2) is 0 Å².